The van der Waals surface area contributed by atoms with Crippen LogP contribution in [-0.2, 0) is 19.4 Å². The van der Waals surface area contributed by atoms with Gasteiger partial charge in [-0.25, -0.2) is 4.98 Å². The van der Waals surface area contributed by atoms with Crippen molar-refractivity contribution in [2.24, 2.45) is 0 Å². The van der Waals surface area contributed by atoms with Crippen molar-refractivity contribution < 1.29 is 4.79 Å². The molecule has 0 spiro atoms. The fourth-order valence-electron chi connectivity index (χ4n) is 3.79. The van der Waals surface area contributed by atoms with Crippen molar-refractivity contribution in [3.63, 3.8) is 0 Å². The maximum absolute atomic E-state index is 13.2. The summed E-state index contributed by atoms with van der Waals surface area (Å²) >= 11 is 1.59. The molecule has 1 N–H and O–H groups in total. The van der Waals surface area contributed by atoms with E-state index in [4.69, 9.17) is 4.98 Å². The number of fused-ring (bicyclic) bond motifs is 4. The molecule has 0 saturated carbocycles. The number of aryl methyl sites for hydroxylation is 2. The highest BCUT2D eigenvalue weighted by Gasteiger charge is 2.22. The summed E-state index contributed by atoms with van der Waals surface area (Å²) in [5, 5.41) is 3.60. The van der Waals surface area contributed by atoms with E-state index in [2.05, 4.69) is 10.3 Å². The smallest absolute Gasteiger partial charge is 0.266 e. The van der Waals surface area contributed by atoms with Gasteiger partial charge in [-0.15, -0.1) is 11.3 Å². The molecular formula is C21H18N4O2S. The molecule has 1 aliphatic rings. The number of hydrogen-bond donors (Lipinski definition) is 1. The van der Waals surface area contributed by atoms with Crippen LogP contribution < -0.4 is 10.9 Å². The number of carbonyl (C=O) groups excluding carboxylic acids is 1. The molecule has 0 aliphatic heterocycles. The molecule has 28 heavy (non-hydrogen) atoms. The van der Waals surface area contributed by atoms with E-state index in [1.807, 2.05) is 18.2 Å². The minimum absolute atomic E-state index is 0.0845. The van der Waals surface area contributed by atoms with Gasteiger partial charge in [0.2, 0.25) is 0 Å². The van der Waals surface area contributed by atoms with Crippen LogP contribution in [0.2, 0.25) is 0 Å². The minimum atomic E-state index is -0.267. The molecule has 4 aromatic heterocycles. The Balaban J connectivity index is 1.59. The molecule has 0 saturated heterocycles. The molecule has 1 aliphatic carbocycles. The number of thiophene rings is 1. The first-order chi connectivity index (χ1) is 13.7. The van der Waals surface area contributed by atoms with Gasteiger partial charge in [0.1, 0.15) is 4.83 Å². The number of nitrogens with zero attached hydrogens (tertiary/aromatic N) is 3. The van der Waals surface area contributed by atoms with Gasteiger partial charge in [0.15, 0.2) is 5.65 Å². The third kappa shape index (κ3) is 2.79. The van der Waals surface area contributed by atoms with E-state index in [0.717, 1.165) is 47.2 Å². The number of hydrogen-bond acceptors (Lipinski definition) is 5. The number of aromatic nitrogens is 3. The van der Waals surface area contributed by atoms with E-state index in [-0.39, 0.29) is 11.5 Å². The molecule has 1 amide bonds. The molecule has 6 nitrogen and oxygen atoms in total. The SMILES string of the molecule is O=C(NCc1ccccn1)c1cccn2c(=O)c3c4c(sc3nc12)CCCC4. The highest BCUT2D eigenvalue weighted by Crippen LogP contribution is 2.34. The zero-order chi connectivity index (χ0) is 19.1. The van der Waals surface area contributed by atoms with Gasteiger partial charge in [-0.05, 0) is 55.5 Å². The van der Waals surface area contributed by atoms with Crippen molar-refractivity contribution in [2.45, 2.75) is 32.2 Å². The Bertz CT molecular complexity index is 1260. The molecule has 0 unspecified atom stereocenters. The Morgan fingerprint density at radius 2 is 2.07 bits per heavy atom. The summed E-state index contributed by atoms with van der Waals surface area (Å²) in [6, 6.07) is 8.98. The molecule has 0 radical (unpaired) electrons. The van der Waals surface area contributed by atoms with E-state index in [1.165, 1.54) is 9.28 Å². The molecule has 5 rings (SSSR count). The number of amides is 1. The zero-order valence-corrected chi connectivity index (χ0v) is 16.0. The summed E-state index contributed by atoms with van der Waals surface area (Å²) in [7, 11) is 0. The second kappa shape index (κ2) is 6.83. The van der Waals surface area contributed by atoms with Gasteiger partial charge in [0.05, 0.1) is 23.2 Å². The largest absolute Gasteiger partial charge is 0.346 e. The average Bonchev–Trinajstić information content (AvgIpc) is 3.11. The monoisotopic (exact) mass is 390 g/mol. The average molecular weight is 390 g/mol. The molecule has 4 heterocycles. The van der Waals surface area contributed by atoms with E-state index in [1.54, 1.807) is 35.9 Å². The fraction of sp³-hybridized carbons (Fsp3) is 0.238. The standard InChI is InChI=1S/C21H18N4O2S/c26-19(23-12-13-6-3-4-10-22-13)15-8-5-11-25-18(15)24-20-17(21(25)27)14-7-1-2-9-16(14)28-20/h3-6,8,10-11H,1-2,7,9,12H2,(H,23,26). The highest BCUT2D eigenvalue weighted by atomic mass is 32.1. The lowest BCUT2D eigenvalue weighted by molar-refractivity contribution is 0.0951. The number of nitrogens with one attached hydrogen (secondary N) is 1. The lowest BCUT2D eigenvalue weighted by atomic mass is 9.97. The van der Waals surface area contributed by atoms with Gasteiger partial charge < -0.3 is 5.32 Å². The van der Waals surface area contributed by atoms with Gasteiger partial charge in [0.25, 0.3) is 11.5 Å². The Labute approximate surface area is 164 Å². The van der Waals surface area contributed by atoms with Crippen molar-refractivity contribution in [3.05, 3.63) is 74.8 Å². The molecule has 0 fully saturated rings. The fourth-order valence-corrected chi connectivity index (χ4v) is 5.04. The van der Waals surface area contributed by atoms with Gasteiger partial charge in [0, 0.05) is 17.3 Å². The van der Waals surface area contributed by atoms with E-state index >= 15 is 0 Å². The van der Waals surface area contributed by atoms with Crippen LogP contribution in [0.1, 0.15) is 39.3 Å². The Kier molecular flexibility index (Phi) is 4.16. The first kappa shape index (κ1) is 17.1. The predicted octanol–water partition coefficient (Wildman–Crippen LogP) is 3.11. The van der Waals surface area contributed by atoms with Crippen molar-refractivity contribution in [1.82, 2.24) is 19.7 Å². The van der Waals surface area contributed by atoms with Crippen LogP contribution in [0.4, 0.5) is 0 Å². The maximum Gasteiger partial charge on any atom is 0.266 e. The molecule has 7 heteroatoms. The van der Waals surface area contributed by atoms with Crippen LogP contribution >= 0.6 is 11.3 Å². The van der Waals surface area contributed by atoms with Gasteiger partial charge in [-0.1, -0.05) is 6.07 Å². The second-order valence-corrected chi connectivity index (χ2v) is 8.01. The van der Waals surface area contributed by atoms with Crippen LogP contribution in [0.25, 0.3) is 15.9 Å². The maximum atomic E-state index is 13.2. The van der Waals surface area contributed by atoms with Crippen molar-refractivity contribution in [2.75, 3.05) is 0 Å². The van der Waals surface area contributed by atoms with Crippen LogP contribution in [0.3, 0.4) is 0 Å². The third-order valence-corrected chi connectivity index (χ3v) is 6.35. The summed E-state index contributed by atoms with van der Waals surface area (Å²) in [5.41, 5.74) is 2.64. The number of pyridine rings is 2. The topological polar surface area (TPSA) is 76.4 Å². The zero-order valence-electron chi connectivity index (χ0n) is 15.1. The summed E-state index contributed by atoms with van der Waals surface area (Å²) in [6.07, 6.45) is 7.58. The van der Waals surface area contributed by atoms with Crippen LogP contribution in [0.15, 0.2) is 47.5 Å². The van der Waals surface area contributed by atoms with E-state index in [0.29, 0.717) is 17.8 Å². The normalized spacial score (nSPS) is 13.6. The highest BCUT2D eigenvalue weighted by molar-refractivity contribution is 7.18. The van der Waals surface area contributed by atoms with Crippen molar-refractivity contribution in [3.8, 4) is 0 Å². The first-order valence-corrected chi connectivity index (χ1v) is 10.2. The number of rotatable bonds is 3. The second-order valence-electron chi connectivity index (χ2n) is 6.93. The summed E-state index contributed by atoms with van der Waals surface area (Å²) in [5.74, 6) is -0.267. The van der Waals surface area contributed by atoms with Crippen LogP contribution in [0, 0.1) is 0 Å². The summed E-state index contributed by atoms with van der Waals surface area (Å²) < 4.78 is 1.50. The van der Waals surface area contributed by atoms with Crippen LogP contribution in [-0.4, -0.2) is 20.3 Å². The first-order valence-electron chi connectivity index (χ1n) is 9.36. The molecule has 140 valence electrons. The van der Waals surface area contributed by atoms with Crippen LogP contribution in [0.5, 0.6) is 0 Å². The molecular weight excluding hydrogens is 372 g/mol. The molecule has 0 aromatic carbocycles. The number of carbonyl (C=O) groups is 1. The molecule has 0 atom stereocenters. The van der Waals surface area contributed by atoms with E-state index in [9.17, 15) is 9.59 Å². The van der Waals surface area contributed by atoms with Gasteiger partial charge in [-0.3, -0.25) is 19.0 Å². The van der Waals surface area contributed by atoms with Gasteiger partial charge in [-0.2, -0.15) is 0 Å². The summed E-state index contributed by atoms with van der Waals surface area (Å²) in [6.45, 7) is 0.320. The van der Waals surface area contributed by atoms with Crippen molar-refractivity contribution in [1.29, 1.82) is 0 Å². The summed E-state index contributed by atoms with van der Waals surface area (Å²) in [4.78, 5) is 36.9. The quantitative estimate of drug-likeness (QED) is 0.583. The third-order valence-electron chi connectivity index (χ3n) is 5.16. The Morgan fingerprint density at radius 1 is 1.18 bits per heavy atom. The molecule has 0 bridgehead atoms. The Morgan fingerprint density at radius 3 is 2.93 bits per heavy atom. The van der Waals surface area contributed by atoms with Gasteiger partial charge >= 0.3 is 0 Å². The predicted molar refractivity (Wildman–Crippen MR) is 109 cm³/mol. The molecule has 4 aromatic rings. The minimum Gasteiger partial charge on any atom is -0.346 e. The lowest BCUT2D eigenvalue weighted by Gasteiger charge is -2.10. The lowest BCUT2D eigenvalue weighted by Crippen LogP contribution is -2.26. The van der Waals surface area contributed by atoms with E-state index < -0.39 is 0 Å². The van der Waals surface area contributed by atoms with Crippen molar-refractivity contribution >= 4 is 33.1 Å². The Hall–Kier alpha value is -3.06.